The van der Waals surface area contributed by atoms with Gasteiger partial charge in [0.15, 0.2) is 0 Å². The van der Waals surface area contributed by atoms with Gasteiger partial charge in [-0.1, -0.05) is 6.92 Å². The van der Waals surface area contributed by atoms with Crippen LogP contribution >= 0.6 is 0 Å². The number of H-pyrrole nitrogens is 1. The lowest BCUT2D eigenvalue weighted by Gasteiger charge is -2.02. The van der Waals surface area contributed by atoms with Gasteiger partial charge in [0.25, 0.3) is 0 Å². The van der Waals surface area contributed by atoms with Gasteiger partial charge in [-0.05, 0) is 6.42 Å². The summed E-state index contributed by atoms with van der Waals surface area (Å²) >= 11 is 0. The number of aliphatic carboxylic acids is 1. The first-order valence-electron chi connectivity index (χ1n) is 4.14. The predicted molar refractivity (Wildman–Crippen MR) is 47.3 cm³/mol. The molecule has 1 unspecified atom stereocenters. The fraction of sp³-hybridized carbons (Fsp3) is 0.500. The van der Waals surface area contributed by atoms with Crippen molar-refractivity contribution in [3.05, 3.63) is 17.7 Å². The number of nitrogens with two attached hydrogens (primary N) is 1. The zero-order valence-corrected chi connectivity index (χ0v) is 7.45. The number of aromatic nitrogens is 2. The molecule has 5 nitrogen and oxygen atoms in total. The van der Waals surface area contributed by atoms with Crippen molar-refractivity contribution in [2.75, 3.05) is 0 Å². The number of carbonyl (C=O) groups is 1. The topological polar surface area (TPSA) is 92.0 Å². The van der Waals surface area contributed by atoms with Gasteiger partial charge < -0.3 is 15.8 Å². The second-order valence-corrected chi connectivity index (χ2v) is 2.86. The van der Waals surface area contributed by atoms with E-state index in [1.807, 2.05) is 6.92 Å². The summed E-state index contributed by atoms with van der Waals surface area (Å²) in [6.45, 7) is 1.99. The number of carboxylic acid groups (broad SMARTS) is 1. The lowest BCUT2D eigenvalue weighted by molar-refractivity contribution is -0.138. The van der Waals surface area contributed by atoms with Crippen molar-refractivity contribution in [2.24, 2.45) is 5.73 Å². The Morgan fingerprint density at radius 2 is 2.54 bits per heavy atom. The molecule has 0 aliphatic rings. The van der Waals surface area contributed by atoms with E-state index in [1.54, 1.807) is 6.20 Å². The molecule has 0 aliphatic carbocycles. The number of hydrogen-bond acceptors (Lipinski definition) is 3. The van der Waals surface area contributed by atoms with Crippen molar-refractivity contribution in [3.8, 4) is 0 Å². The number of carboxylic acids is 1. The van der Waals surface area contributed by atoms with Gasteiger partial charge in [-0.2, -0.15) is 0 Å². The van der Waals surface area contributed by atoms with E-state index >= 15 is 0 Å². The Hall–Kier alpha value is -1.36. The standard InChI is InChI=1S/C8H13N3O2/c1-2-5-4-10-7(11-5)3-6(9)8(12)13/h4,6H,2-3,9H2,1H3,(H,10,11)(H,12,13). The molecule has 72 valence electrons. The van der Waals surface area contributed by atoms with Gasteiger partial charge >= 0.3 is 5.97 Å². The molecule has 0 fully saturated rings. The molecule has 4 N–H and O–H groups in total. The number of nitrogens with zero attached hydrogens (tertiary/aromatic N) is 1. The minimum absolute atomic E-state index is 0.245. The minimum atomic E-state index is -1.01. The van der Waals surface area contributed by atoms with Gasteiger partial charge in [0.2, 0.25) is 0 Å². The first kappa shape index (κ1) is 9.73. The first-order chi connectivity index (χ1) is 6.13. The Bertz CT molecular complexity index is 295. The highest BCUT2D eigenvalue weighted by Crippen LogP contribution is 2.00. The number of nitrogens with one attached hydrogen (secondary N) is 1. The van der Waals surface area contributed by atoms with Gasteiger partial charge in [-0.3, -0.25) is 4.79 Å². The third-order valence-electron chi connectivity index (χ3n) is 1.79. The van der Waals surface area contributed by atoms with Gasteiger partial charge in [0, 0.05) is 18.3 Å². The Labute approximate surface area is 76.0 Å². The van der Waals surface area contributed by atoms with E-state index in [-0.39, 0.29) is 6.42 Å². The third-order valence-corrected chi connectivity index (χ3v) is 1.79. The quantitative estimate of drug-likeness (QED) is 0.609. The molecule has 1 atom stereocenters. The lowest BCUT2D eigenvalue weighted by atomic mass is 10.2. The van der Waals surface area contributed by atoms with E-state index in [2.05, 4.69) is 9.97 Å². The van der Waals surface area contributed by atoms with E-state index in [0.717, 1.165) is 12.1 Å². The Morgan fingerprint density at radius 1 is 1.85 bits per heavy atom. The monoisotopic (exact) mass is 183 g/mol. The summed E-state index contributed by atoms with van der Waals surface area (Å²) in [5, 5.41) is 8.54. The van der Waals surface area contributed by atoms with E-state index in [0.29, 0.717) is 5.82 Å². The van der Waals surface area contributed by atoms with E-state index in [9.17, 15) is 4.79 Å². The van der Waals surface area contributed by atoms with Crippen molar-refractivity contribution >= 4 is 5.97 Å². The SMILES string of the molecule is CCc1cnc(CC(N)C(=O)O)[nH]1. The number of aryl methyl sites for hydroxylation is 1. The van der Waals surface area contributed by atoms with Crippen LogP contribution in [0.2, 0.25) is 0 Å². The predicted octanol–water partition coefficient (Wildman–Crippen LogP) is -0.0735. The molecule has 1 aromatic heterocycles. The Balaban J connectivity index is 2.58. The fourth-order valence-electron chi connectivity index (χ4n) is 0.985. The number of aromatic amines is 1. The van der Waals surface area contributed by atoms with E-state index in [4.69, 9.17) is 10.8 Å². The molecule has 0 bridgehead atoms. The second kappa shape index (κ2) is 4.04. The van der Waals surface area contributed by atoms with Gasteiger partial charge in [0.1, 0.15) is 11.9 Å². The molecule has 1 heterocycles. The molecular weight excluding hydrogens is 170 g/mol. The van der Waals surface area contributed by atoms with Crippen LogP contribution in [0.1, 0.15) is 18.4 Å². The summed E-state index contributed by atoms with van der Waals surface area (Å²) in [5.41, 5.74) is 6.33. The van der Waals surface area contributed by atoms with Gasteiger partial charge in [-0.15, -0.1) is 0 Å². The van der Waals surface area contributed by atoms with Gasteiger partial charge in [0.05, 0.1) is 0 Å². The molecule has 0 aliphatic heterocycles. The molecule has 0 saturated carbocycles. The van der Waals surface area contributed by atoms with Crippen molar-refractivity contribution < 1.29 is 9.90 Å². The highest BCUT2D eigenvalue weighted by Gasteiger charge is 2.13. The van der Waals surface area contributed by atoms with Crippen LogP contribution in [0.25, 0.3) is 0 Å². The molecule has 5 heteroatoms. The molecule has 0 radical (unpaired) electrons. The molecule has 0 spiro atoms. The van der Waals surface area contributed by atoms with Crippen LogP contribution in [0.3, 0.4) is 0 Å². The highest BCUT2D eigenvalue weighted by molar-refractivity contribution is 5.73. The molecule has 0 amide bonds. The molecule has 0 saturated heterocycles. The van der Waals surface area contributed by atoms with E-state index < -0.39 is 12.0 Å². The highest BCUT2D eigenvalue weighted by atomic mass is 16.4. The Kier molecular flexibility index (Phi) is 3.02. The average Bonchev–Trinajstić information content (AvgIpc) is 2.52. The summed E-state index contributed by atoms with van der Waals surface area (Å²) in [6, 6.07) is -0.879. The third kappa shape index (κ3) is 2.55. The molecule has 13 heavy (non-hydrogen) atoms. The number of imidazole rings is 1. The van der Waals surface area contributed by atoms with Crippen LogP contribution in [0, 0.1) is 0 Å². The number of rotatable bonds is 4. The smallest absolute Gasteiger partial charge is 0.320 e. The first-order valence-corrected chi connectivity index (χ1v) is 4.14. The van der Waals surface area contributed by atoms with Crippen LogP contribution in [-0.2, 0) is 17.6 Å². The summed E-state index contributed by atoms with van der Waals surface area (Å²) < 4.78 is 0. The lowest BCUT2D eigenvalue weighted by Crippen LogP contribution is -2.32. The average molecular weight is 183 g/mol. The van der Waals surface area contributed by atoms with Crippen molar-refractivity contribution in [1.29, 1.82) is 0 Å². The maximum Gasteiger partial charge on any atom is 0.320 e. The fourth-order valence-corrected chi connectivity index (χ4v) is 0.985. The van der Waals surface area contributed by atoms with E-state index in [1.165, 1.54) is 0 Å². The minimum Gasteiger partial charge on any atom is -0.480 e. The van der Waals surface area contributed by atoms with Crippen molar-refractivity contribution in [2.45, 2.75) is 25.8 Å². The summed E-state index contributed by atoms with van der Waals surface area (Å²) in [7, 11) is 0. The molecule has 1 rings (SSSR count). The summed E-state index contributed by atoms with van der Waals surface area (Å²) in [4.78, 5) is 17.4. The van der Waals surface area contributed by atoms with Crippen LogP contribution in [0.15, 0.2) is 6.20 Å². The zero-order chi connectivity index (χ0) is 9.84. The molecule has 1 aromatic rings. The van der Waals surface area contributed by atoms with Crippen LogP contribution in [-0.4, -0.2) is 27.1 Å². The maximum absolute atomic E-state index is 10.4. The second-order valence-electron chi connectivity index (χ2n) is 2.86. The summed E-state index contributed by atoms with van der Waals surface area (Å²) in [5.74, 6) is -0.374. The zero-order valence-electron chi connectivity index (χ0n) is 7.45. The number of hydrogen-bond donors (Lipinski definition) is 3. The van der Waals surface area contributed by atoms with Crippen LogP contribution in [0.4, 0.5) is 0 Å². The van der Waals surface area contributed by atoms with Crippen molar-refractivity contribution in [1.82, 2.24) is 9.97 Å². The van der Waals surface area contributed by atoms with Crippen LogP contribution < -0.4 is 5.73 Å². The molecular formula is C8H13N3O2. The maximum atomic E-state index is 10.4. The largest absolute Gasteiger partial charge is 0.480 e. The Morgan fingerprint density at radius 3 is 3.00 bits per heavy atom. The van der Waals surface area contributed by atoms with Crippen molar-refractivity contribution in [3.63, 3.8) is 0 Å². The normalized spacial score (nSPS) is 12.8. The van der Waals surface area contributed by atoms with Gasteiger partial charge in [-0.25, -0.2) is 4.98 Å². The van der Waals surface area contributed by atoms with Crippen LogP contribution in [0.5, 0.6) is 0 Å². The molecule has 0 aromatic carbocycles. The summed E-state index contributed by atoms with van der Waals surface area (Å²) in [6.07, 6.45) is 2.80.